The van der Waals surface area contributed by atoms with Gasteiger partial charge in [0.2, 0.25) is 0 Å². The Hall–Kier alpha value is -0.440. The van der Waals surface area contributed by atoms with Crippen LogP contribution in [-0.4, -0.2) is 24.2 Å². The van der Waals surface area contributed by atoms with E-state index >= 15 is 0 Å². The highest BCUT2D eigenvalue weighted by atomic mass is 15.3. The van der Waals surface area contributed by atoms with Crippen LogP contribution in [0.1, 0.15) is 25.7 Å². The van der Waals surface area contributed by atoms with E-state index in [1.807, 2.05) is 0 Å². The zero-order valence-corrected chi connectivity index (χ0v) is 6.95. The number of hydrogen-bond acceptors (Lipinski definition) is 1. The Balaban J connectivity index is 2.09. The molecule has 1 aliphatic carbocycles. The summed E-state index contributed by atoms with van der Waals surface area (Å²) in [5.41, 5.74) is 8.80. The highest BCUT2D eigenvalue weighted by molar-refractivity contribution is 4.91. The number of hydrogen-bond donors (Lipinski definition) is 1. The molecule has 3 heteroatoms. The molecular weight excluding hydrogens is 138 g/mol. The van der Waals surface area contributed by atoms with Gasteiger partial charge in [-0.15, -0.1) is 0 Å². The molecule has 0 aromatic carbocycles. The van der Waals surface area contributed by atoms with E-state index in [-0.39, 0.29) is 6.17 Å². The minimum atomic E-state index is 0.213. The topological polar surface area (TPSA) is 39.5 Å². The standard InChI is InChI=1S/C8H15N3/c1-11-7-4-2-3-6(7)5-8(11)10-9/h6-8,10H,2-5H2,1H3. The smallest absolute Gasteiger partial charge is 0.196 e. The van der Waals surface area contributed by atoms with Crippen LogP contribution in [0.5, 0.6) is 0 Å². The van der Waals surface area contributed by atoms with E-state index < -0.39 is 0 Å². The second kappa shape index (κ2) is 2.55. The average molecular weight is 153 g/mol. The number of nitrogens with zero attached hydrogens (tertiary/aromatic N) is 2. The largest absolute Gasteiger partial charge is 0.507 e. The van der Waals surface area contributed by atoms with E-state index in [1.165, 1.54) is 19.3 Å². The first kappa shape index (κ1) is 7.22. The highest BCUT2D eigenvalue weighted by Gasteiger charge is 2.43. The zero-order chi connectivity index (χ0) is 7.84. The van der Waals surface area contributed by atoms with Gasteiger partial charge in [-0.25, -0.2) is 4.90 Å². The molecule has 11 heavy (non-hydrogen) atoms. The van der Waals surface area contributed by atoms with Gasteiger partial charge >= 0.3 is 0 Å². The van der Waals surface area contributed by atoms with Crippen molar-refractivity contribution in [2.45, 2.75) is 37.9 Å². The Morgan fingerprint density at radius 1 is 1.45 bits per heavy atom. The fourth-order valence-corrected chi connectivity index (χ4v) is 2.66. The quantitative estimate of drug-likeness (QED) is 0.526. The Bertz CT molecular complexity index is 169. The maximum absolute atomic E-state index is 8.80. The lowest BCUT2D eigenvalue weighted by Gasteiger charge is -2.18. The molecule has 0 aromatic rings. The zero-order valence-electron chi connectivity index (χ0n) is 6.95. The van der Waals surface area contributed by atoms with Crippen LogP contribution in [0.15, 0.2) is 0 Å². The molecular formula is C8H15N3. The Kier molecular flexibility index (Phi) is 1.68. The number of rotatable bonds is 1. The van der Waals surface area contributed by atoms with Gasteiger partial charge in [-0.2, -0.15) is 0 Å². The SMILES string of the molecule is CN1C([NH+]=[N-])CC2CCCC21. The molecule has 0 radical (unpaired) electrons. The molecule has 1 heterocycles. The van der Waals surface area contributed by atoms with E-state index in [0.717, 1.165) is 18.4 Å². The summed E-state index contributed by atoms with van der Waals surface area (Å²) >= 11 is 0. The first-order chi connectivity index (χ1) is 5.33. The lowest BCUT2D eigenvalue weighted by molar-refractivity contribution is -0.549. The average Bonchev–Trinajstić information content (AvgIpc) is 2.53. The van der Waals surface area contributed by atoms with Crippen molar-refractivity contribution in [3.63, 3.8) is 0 Å². The van der Waals surface area contributed by atoms with E-state index in [1.54, 1.807) is 0 Å². The van der Waals surface area contributed by atoms with E-state index in [0.29, 0.717) is 0 Å². The van der Waals surface area contributed by atoms with Crippen LogP contribution in [-0.2, 0) is 0 Å². The normalized spacial score (nSPS) is 44.3. The Morgan fingerprint density at radius 3 is 2.91 bits per heavy atom. The lowest BCUT2D eigenvalue weighted by atomic mass is 10.0. The molecule has 1 aliphatic heterocycles. The van der Waals surface area contributed by atoms with Crippen LogP contribution in [0.3, 0.4) is 0 Å². The minimum absolute atomic E-state index is 0.213. The van der Waals surface area contributed by atoms with Gasteiger partial charge in [-0.3, -0.25) is 0 Å². The van der Waals surface area contributed by atoms with Crippen molar-refractivity contribution in [3.05, 3.63) is 5.53 Å². The predicted octanol–water partition coefficient (Wildman–Crippen LogP) is -0.0811. The summed E-state index contributed by atoms with van der Waals surface area (Å²) in [6, 6.07) is 0.736. The first-order valence-corrected chi connectivity index (χ1v) is 4.44. The van der Waals surface area contributed by atoms with Crippen molar-refractivity contribution < 1.29 is 5.11 Å². The predicted molar refractivity (Wildman–Crippen MR) is 41.6 cm³/mol. The van der Waals surface area contributed by atoms with Gasteiger partial charge in [-0.1, -0.05) is 6.42 Å². The second-order valence-electron chi connectivity index (χ2n) is 3.80. The molecule has 1 saturated heterocycles. The van der Waals surface area contributed by atoms with Crippen LogP contribution in [0.25, 0.3) is 5.53 Å². The number of nitrogens with one attached hydrogen (secondary N) is 1. The molecule has 0 bridgehead atoms. The van der Waals surface area contributed by atoms with Crippen molar-refractivity contribution in [1.29, 1.82) is 0 Å². The van der Waals surface area contributed by atoms with Gasteiger partial charge in [0.05, 0.1) is 0 Å². The molecule has 2 fully saturated rings. The molecule has 3 nitrogen and oxygen atoms in total. The van der Waals surface area contributed by atoms with Gasteiger partial charge < -0.3 is 10.6 Å². The van der Waals surface area contributed by atoms with Gasteiger partial charge in [0.1, 0.15) is 0 Å². The fourth-order valence-electron chi connectivity index (χ4n) is 2.66. The van der Waals surface area contributed by atoms with Crippen LogP contribution >= 0.6 is 0 Å². The summed E-state index contributed by atoms with van der Waals surface area (Å²) in [6.07, 6.45) is 5.38. The third kappa shape index (κ3) is 0.984. The highest BCUT2D eigenvalue weighted by Crippen LogP contribution is 2.37. The summed E-state index contributed by atoms with van der Waals surface area (Å²) in [7, 11) is 2.10. The minimum Gasteiger partial charge on any atom is -0.507 e. The van der Waals surface area contributed by atoms with Gasteiger partial charge in [0.15, 0.2) is 6.17 Å². The van der Waals surface area contributed by atoms with E-state index in [2.05, 4.69) is 17.1 Å². The Labute approximate surface area is 67.3 Å². The molecule has 2 aliphatic rings. The van der Waals surface area contributed by atoms with Crippen LogP contribution in [0, 0.1) is 5.92 Å². The lowest BCUT2D eigenvalue weighted by Crippen LogP contribution is -2.75. The monoisotopic (exact) mass is 153 g/mol. The summed E-state index contributed by atoms with van der Waals surface area (Å²) in [6.45, 7) is 0. The molecule has 2 rings (SSSR count). The van der Waals surface area contributed by atoms with Gasteiger partial charge in [0, 0.05) is 12.5 Å². The maximum atomic E-state index is 8.80. The molecule has 62 valence electrons. The van der Waals surface area contributed by atoms with Crippen molar-refractivity contribution in [2.24, 2.45) is 5.92 Å². The molecule has 1 saturated carbocycles. The van der Waals surface area contributed by atoms with Gasteiger partial charge in [-0.05, 0) is 25.8 Å². The molecule has 0 amide bonds. The summed E-state index contributed by atoms with van der Waals surface area (Å²) < 4.78 is 0. The number of likely N-dealkylation sites (tertiary alicyclic amines) is 1. The van der Waals surface area contributed by atoms with E-state index in [4.69, 9.17) is 5.53 Å². The maximum Gasteiger partial charge on any atom is 0.196 e. The first-order valence-electron chi connectivity index (χ1n) is 4.44. The van der Waals surface area contributed by atoms with Crippen molar-refractivity contribution >= 4 is 0 Å². The molecule has 3 unspecified atom stereocenters. The molecule has 0 aromatic heterocycles. The summed E-state index contributed by atoms with van der Waals surface area (Å²) in [4.78, 5) is 2.28. The third-order valence-electron chi connectivity index (χ3n) is 3.31. The molecule has 0 spiro atoms. The van der Waals surface area contributed by atoms with E-state index in [9.17, 15) is 0 Å². The van der Waals surface area contributed by atoms with Crippen molar-refractivity contribution in [2.75, 3.05) is 7.05 Å². The third-order valence-corrected chi connectivity index (χ3v) is 3.31. The molecule has 3 atom stereocenters. The fraction of sp³-hybridized carbons (Fsp3) is 1.00. The van der Waals surface area contributed by atoms with Crippen molar-refractivity contribution in [3.8, 4) is 0 Å². The summed E-state index contributed by atoms with van der Waals surface area (Å²) in [5.74, 6) is 0.838. The van der Waals surface area contributed by atoms with Crippen LogP contribution in [0.4, 0.5) is 0 Å². The van der Waals surface area contributed by atoms with Crippen molar-refractivity contribution in [1.82, 2.24) is 4.90 Å². The molecule has 1 N–H and O–H groups in total. The van der Waals surface area contributed by atoms with Crippen LogP contribution < -0.4 is 5.11 Å². The second-order valence-corrected chi connectivity index (χ2v) is 3.80. The number of fused-ring (bicyclic) bond motifs is 1. The Morgan fingerprint density at radius 2 is 2.27 bits per heavy atom. The van der Waals surface area contributed by atoms with Gasteiger partial charge in [0.25, 0.3) is 0 Å². The van der Waals surface area contributed by atoms with Crippen LogP contribution in [0.2, 0.25) is 0 Å². The summed E-state index contributed by atoms with van der Waals surface area (Å²) in [5, 5.41) is 2.37.